The number of aliphatic hydroxyl groups excluding tert-OH is 1. The first-order valence-corrected chi connectivity index (χ1v) is 7.45. The number of aromatic nitrogens is 2. The Morgan fingerprint density at radius 3 is 3.00 bits per heavy atom. The molecule has 1 saturated heterocycles. The molecule has 1 aromatic rings. The Kier molecular flexibility index (Phi) is 5.87. The number of hydrogen-bond donors (Lipinski definition) is 1. The number of rotatable bonds is 7. The van der Waals surface area contributed by atoms with Crippen molar-refractivity contribution in [3.8, 4) is 0 Å². The molecule has 1 aliphatic rings. The average Bonchev–Trinajstić information content (AvgIpc) is 3.05. The molecule has 0 bridgehead atoms. The minimum atomic E-state index is -0.505. The van der Waals surface area contributed by atoms with Gasteiger partial charge in [-0.15, -0.1) is 0 Å². The standard InChI is InChI=1S/C14H24N4O4/c1-10-15-14(16-22-10)8-18(11(2)19)12-4-5-17(6-12)7-13(20)9-21-3/h12-13,20H,4-9H2,1-3H3/t12-,13+/m1/s1. The zero-order valence-electron chi connectivity index (χ0n) is 13.4. The van der Waals surface area contributed by atoms with Gasteiger partial charge in [0.2, 0.25) is 11.8 Å². The van der Waals surface area contributed by atoms with Crippen molar-refractivity contribution in [1.29, 1.82) is 0 Å². The molecule has 0 radical (unpaired) electrons. The first-order valence-electron chi connectivity index (χ1n) is 7.45. The number of carbonyl (C=O) groups excluding carboxylic acids is 1. The summed E-state index contributed by atoms with van der Waals surface area (Å²) in [5.41, 5.74) is 0. The van der Waals surface area contributed by atoms with Crippen molar-refractivity contribution in [2.24, 2.45) is 0 Å². The second-order valence-electron chi connectivity index (χ2n) is 5.69. The van der Waals surface area contributed by atoms with E-state index in [2.05, 4.69) is 15.0 Å². The van der Waals surface area contributed by atoms with Gasteiger partial charge in [0, 0.05) is 46.6 Å². The van der Waals surface area contributed by atoms with Gasteiger partial charge < -0.3 is 19.3 Å². The predicted octanol–water partition coefficient (Wildman–Crippen LogP) is -0.192. The molecule has 1 aromatic heterocycles. The molecule has 0 spiro atoms. The fraction of sp³-hybridized carbons (Fsp3) is 0.786. The molecule has 1 amide bonds. The first-order chi connectivity index (χ1) is 10.5. The third-order valence-corrected chi connectivity index (χ3v) is 3.80. The van der Waals surface area contributed by atoms with Crippen molar-refractivity contribution in [3.05, 3.63) is 11.7 Å². The number of nitrogens with zero attached hydrogens (tertiary/aromatic N) is 4. The monoisotopic (exact) mass is 312 g/mol. The van der Waals surface area contributed by atoms with Crippen molar-refractivity contribution in [1.82, 2.24) is 19.9 Å². The molecule has 1 N–H and O–H groups in total. The van der Waals surface area contributed by atoms with Crippen molar-refractivity contribution < 1.29 is 19.2 Å². The van der Waals surface area contributed by atoms with Crippen LogP contribution >= 0.6 is 0 Å². The van der Waals surface area contributed by atoms with Gasteiger partial charge in [-0.2, -0.15) is 4.98 Å². The zero-order valence-corrected chi connectivity index (χ0v) is 13.4. The lowest BCUT2D eigenvalue weighted by Gasteiger charge is -2.27. The second kappa shape index (κ2) is 7.66. The molecule has 2 rings (SSSR count). The van der Waals surface area contributed by atoms with E-state index in [1.54, 1.807) is 25.9 Å². The van der Waals surface area contributed by atoms with Crippen molar-refractivity contribution >= 4 is 5.91 Å². The van der Waals surface area contributed by atoms with Gasteiger partial charge in [-0.25, -0.2) is 0 Å². The number of aryl methyl sites for hydroxylation is 1. The first kappa shape index (κ1) is 16.9. The highest BCUT2D eigenvalue weighted by Crippen LogP contribution is 2.18. The fourth-order valence-electron chi connectivity index (χ4n) is 2.83. The van der Waals surface area contributed by atoms with Crippen LogP contribution in [0.1, 0.15) is 25.1 Å². The zero-order chi connectivity index (χ0) is 16.1. The number of hydrogen-bond acceptors (Lipinski definition) is 7. The summed E-state index contributed by atoms with van der Waals surface area (Å²) in [6.45, 7) is 6.08. The van der Waals surface area contributed by atoms with E-state index < -0.39 is 6.10 Å². The SMILES string of the molecule is COC[C@@H](O)CN1CC[C@@H](N(Cc2noc(C)n2)C(C)=O)C1. The Balaban J connectivity index is 1.91. The van der Waals surface area contributed by atoms with E-state index in [1.807, 2.05) is 0 Å². The van der Waals surface area contributed by atoms with Gasteiger partial charge in [0.15, 0.2) is 5.82 Å². The highest BCUT2D eigenvalue weighted by molar-refractivity contribution is 5.73. The van der Waals surface area contributed by atoms with Crippen LogP contribution < -0.4 is 0 Å². The van der Waals surface area contributed by atoms with E-state index in [0.717, 1.165) is 19.5 Å². The lowest BCUT2D eigenvalue weighted by Crippen LogP contribution is -2.41. The lowest BCUT2D eigenvalue weighted by atomic mass is 10.2. The fourth-order valence-corrected chi connectivity index (χ4v) is 2.83. The summed E-state index contributed by atoms with van der Waals surface area (Å²) >= 11 is 0. The minimum absolute atomic E-state index is 0.00765. The maximum absolute atomic E-state index is 11.9. The van der Waals surface area contributed by atoms with Crippen molar-refractivity contribution in [2.75, 3.05) is 33.4 Å². The third-order valence-electron chi connectivity index (χ3n) is 3.80. The molecule has 0 unspecified atom stereocenters. The van der Waals surface area contributed by atoms with Gasteiger partial charge >= 0.3 is 0 Å². The summed E-state index contributed by atoms with van der Waals surface area (Å²) in [5, 5.41) is 13.7. The largest absolute Gasteiger partial charge is 0.389 e. The second-order valence-corrected chi connectivity index (χ2v) is 5.69. The van der Waals surface area contributed by atoms with Crippen LogP contribution in [0.25, 0.3) is 0 Å². The quantitative estimate of drug-likeness (QED) is 0.746. The maximum atomic E-state index is 11.9. The molecule has 8 nitrogen and oxygen atoms in total. The number of carbonyl (C=O) groups is 1. The molecule has 1 aliphatic heterocycles. The highest BCUT2D eigenvalue weighted by atomic mass is 16.5. The van der Waals surface area contributed by atoms with Gasteiger partial charge in [0.25, 0.3) is 0 Å². The smallest absolute Gasteiger partial charge is 0.223 e. The van der Waals surface area contributed by atoms with Crippen LogP contribution in [0.4, 0.5) is 0 Å². The topological polar surface area (TPSA) is 91.9 Å². The number of ether oxygens (including phenoxy) is 1. The van der Waals surface area contributed by atoms with Crippen LogP contribution in [-0.4, -0.2) is 76.5 Å². The Hall–Kier alpha value is -1.51. The molecule has 1 fully saturated rings. The molecule has 0 aliphatic carbocycles. The number of β-amino-alcohol motifs (C(OH)–C–C–N with tert-alkyl or cyclic N) is 1. The summed E-state index contributed by atoms with van der Waals surface area (Å²) in [6, 6.07) is 0.103. The van der Waals surface area contributed by atoms with Gasteiger partial charge in [-0.05, 0) is 6.42 Å². The molecule has 8 heteroatoms. The van der Waals surface area contributed by atoms with Crippen LogP contribution in [-0.2, 0) is 16.1 Å². The maximum Gasteiger partial charge on any atom is 0.223 e. The Morgan fingerprint density at radius 1 is 1.64 bits per heavy atom. The summed E-state index contributed by atoms with van der Waals surface area (Å²) in [7, 11) is 1.57. The molecule has 124 valence electrons. The summed E-state index contributed by atoms with van der Waals surface area (Å²) in [4.78, 5) is 20.0. The van der Waals surface area contributed by atoms with E-state index in [-0.39, 0.29) is 11.9 Å². The molecule has 0 saturated carbocycles. The van der Waals surface area contributed by atoms with E-state index >= 15 is 0 Å². The average molecular weight is 312 g/mol. The van der Waals surface area contributed by atoms with Crippen molar-refractivity contribution in [3.63, 3.8) is 0 Å². The molecular formula is C14H24N4O4. The number of likely N-dealkylation sites (tertiary alicyclic amines) is 1. The van der Waals surface area contributed by atoms with Gasteiger partial charge in [0.05, 0.1) is 19.3 Å². The normalized spacial score (nSPS) is 20.3. The molecule has 0 aromatic carbocycles. The predicted molar refractivity (Wildman–Crippen MR) is 78.0 cm³/mol. The lowest BCUT2D eigenvalue weighted by molar-refractivity contribution is -0.131. The summed E-state index contributed by atoms with van der Waals surface area (Å²) < 4.78 is 9.89. The highest BCUT2D eigenvalue weighted by Gasteiger charge is 2.30. The van der Waals surface area contributed by atoms with Crippen LogP contribution in [0.2, 0.25) is 0 Å². The summed E-state index contributed by atoms with van der Waals surface area (Å²) in [6.07, 6.45) is 0.366. The molecule has 2 atom stereocenters. The summed E-state index contributed by atoms with van der Waals surface area (Å²) in [5.74, 6) is 1.01. The number of amides is 1. The number of methoxy groups -OCH3 is 1. The van der Waals surface area contributed by atoms with E-state index in [0.29, 0.717) is 31.4 Å². The third kappa shape index (κ3) is 4.49. The van der Waals surface area contributed by atoms with Crippen LogP contribution in [0.15, 0.2) is 4.52 Å². The van der Waals surface area contributed by atoms with E-state index in [9.17, 15) is 9.90 Å². The van der Waals surface area contributed by atoms with E-state index in [4.69, 9.17) is 9.26 Å². The Bertz CT molecular complexity index is 493. The van der Waals surface area contributed by atoms with Crippen LogP contribution in [0.5, 0.6) is 0 Å². The molecular weight excluding hydrogens is 288 g/mol. The Morgan fingerprint density at radius 2 is 2.41 bits per heavy atom. The van der Waals surface area contributed by atoms with Gasteiger partial charge in [-0.1, -0.05) is 5.16 Å². The number of aliphatic hydroxyl groups is 1. The van der Waals surface area contributed by atoms with Gasteiger partial charge in [-0.3, -0.25) is 9.69 Å². The molecule has 2 heterocycles. The van der Waals surface area contributed by atoms with Crippen LogP contribution in [0.3, 0.4) is 0 Å². The van der Waals surface area contributed by atoms with E-state index in [1.165, 1.54) is 0 Å². The van der Waals surface area contributed by atoms with Gasteiger partial charge in [0.1, 0.15) is 0 Å². The van der Waals surface area contributed by atoms with Crippen molar-refractivity contribution in [2.45, 2.75) is 39.0 Å². The van der Waals surface area contributed by atoms with Crippen LogP contribution in [0, 0.1) is 6.92 Å². The molecule has 22 heavy (non-hydrogen) atoms. The Labute approximate surface area is 130 Å². The minimum Gasteiger partial charge on any atom is -0.389 e.